The Labute approximate surface area is 103 Å². The second-order valence-corrected chi connectivity index (χ2v) is 4.17. The molecule has 0 aliphatic carbocycles. The van der Waals surface area contributed by atoms with Crippen molar-refractivity contribution in [1.29, 1.82) is 0 Å². The van der Waals surface area contributed by atoms with Gasteiger partial charge in [-0.15, -0.1) is 10.2 Å². The maximum absolute atomic E-state index is 12.7. The molecule has 2 aromatic rings. The van der Waals surface area contributed by atoms with Crippen molar-refractivity contribution in [3.63, 3.8) is 0 Å². The lowest BCUT2D eigenvalue weighted by atomic mass is 10.1. The molecule has 2 rings (SSSR count). The molecule has 0 aliphatic heterocycles. The van der Waals surface area contributed by atoms with E-state index in [4.69, 9.17) is 4.42 Å². The number of aryl methyl sites for hydroxylation is 1. The van der Waals surface area contributed by atoms with Crippen molar-refractivity contribution in [2.45, 2.75) is 13.1 Å². The fourth-order valence-electron chi connectivity index (χ4n) is 1.29. The van der Waals surface area contributed by atoms with Crippen LogP contribution in [-0.2, 0) is 6.18 Å². The Bertz CT molecular complexity index is 551. The number of halogens is 4. The third kappa shape index (κ3) is 2.49. The first-order valence-electron chi connectivity index (χ1n) is 4.55. The first kappa shape index (κ1) is 12.1. The van der Waals surface area contributed by atoms with Crippen LogP contribution in [0.3, 0.4) is 0 Å². The Balaban J connectivity index is 2.51. The Morgan fingerprint density at radius 2 is 1.94 bits per heavy atom. The van der Waals surface area contributed by atoms with Crippen molar-refractivity contribution in [2.75, 3.05) is 0 Å². The summed E-state index contributed by atoms with van der Waals surface area (Å²) in [4.78, 5) is 0. The molecule has 0 atom stereocenters. The minimum atomic E-state index is -4.43. The summed E-state index contributed by atoms with van der Waals surface area (Å²) in [6.07, 6.45) is -4.43. The molecule has 0 amide bonds. The molecule has 1 aromatic heterocycles. The third-order valence-corrected chi connectivity index (χ3v) is 2.74. The molecule has 7 heteroatoms. The highest BCUT2D eigenvalue weighted by Crippen LogP contribution is 2.37. The summed E-state index contributed by atoms with van der Waals surface area (Å²) in [5.41, 5.74) is -0.535. The molecular formula is C10H6BrF3N2O. The van der Waals surface area contributed by atoms with Crippen LogP contribution in [0.1, 0.15) is 11.5 Å². The van der Waals surface area contributed by atoms with Gasteiger partial charge in [-0.2, -0.15) is 13.2 Å². The van der Waals surface area contributed by atoms with Crippen LogP contribution < -0.4 is 0 Å². The standard InChI is InChI=1S/C10H6BrF3N2O/c1-5-15-16-9(17-5)6-2-3-8(11)7(4-6)10(12,13)14/h2-4H,1H3. The summed E-state index contributed by atoms with van der Waals surface area (Å²) in [7, 11) is 0. The van der Waals surface area contributed by atoms with E-state index in [9.17, 15) is 13.2 Å². The molecule has 0 spiro atoms. The van der Waals surface area contributed by atoms with Crippen molar-refractivity contribution in [2.24, 2.45) is 0 Å². The van der Waals surface area contributed by atoms with Gasteiger partial charge in [0.2, 0.25) is 11.8 Å². The highest BCUT2D eigenvalue weighted by molar-refractivity contribution is 9.10. The van der Waals surface area contributed by atoms with Gasteiger partial charge >= 0.3 is 6.18 Å². The third-order valence-electron chi connectivity index (χ3n) is 2.04. The van der Waals surface area contributed by atoms with E-state index < -0.39 is 11.7 Å². The van der Waals surface area contributed by atoms with Crippen molar-refractivity contribution in [1.82, 2.24) is 10.2 Å². The fraction of sp³-hybridized carbons (Fsp3) is 0.200. The van der Waals surface area contributed by atoms with E-state index in [0.29, 0.717) is 5.89 Å². The maximum atomic E-state index is 12.7. The fourth-order valence-corrected chi connectivity index (χ4v) is 1.76. The lowest BCUT2D eigenvalue weighted by Gasteiger charge is -2.09. The molecule has 0 unspecified atom stereocenters. The molecule has 3 nitrogen and oxygen atoms in total. The molecule has 0 aliphatic rings. The summed E-state index contributed by atoms with van der Waals surface area (Å²) < 4.78 is 43.0. The quantitative estimate of drug-likeness (QED) is 0.804. The average Bonchev–Trinajstić information content (AvgIpc) is 2.64. The number of aromatic nitrogens is 2. The summed E-state index contributed by atoms with van der Waals surface area (Å²) >= 11 is 2.86. The van der Waals surface area contributed by atoms with Gasteiger partial charge in [0.1, 0.15) is 0 Å². The van der Waals surface area contributed by atoms with Gasteiger partial charge in [0.25, 0.3) is 0 Å². The van der Waals surface area contributed by atoms with Crippen molar-refractivity contribution >= 4 is 15.9 Å². The number of rotatable bonds is 1. The Morgan fingerprint density at radius 1 is 1.24 bits per heavy atom. The molecule has 1 heterocycles. The van der Waals surface area contributed by atoms with Gasteiger partial charge in [-0.05, 0) is 18.2 Å². The van der Waals surface area contributed by atoms with Crippen LogP contribution >= 0.6 is 15.9 Å². The highest BCUT2D eigenvalue weighted by atomic mass is 79.9. The molecule has 1 aromatic carbocycles. The van der Waals surface area contributed by atoms with Crippen LogP contribution in [0.15, 0.2) is 27.1 Å². The molecular weight excluding hydrogens is 301 g/mol. The maximum Gasteiger partial charge on any atom is 0.417 e. The summed E-state index contributed by atoms with van der Waals surface area (Å²) in [5.74, 6) is 0.372. The normalized spacial score (nSPS) is 11.8. The van der Waals surface area contributed by atoms with Crippen LogP contribution in [0.4, 0.5) is 13.2 Å². The summed E-state index contributed by atoms with van der Waals surface area (Å²) in [6, 6.07) is 3.75. The lowest BCUT2D eigenvalue weighted by molar-refractivity contribution is -0.138. The van der Waals surface area contributed by atoms with Gasteiger partial charge in [0.05, 0.1) is 5.56 Å². The van der Waals surface area contributed by atoms with E-state index in [1.807, 2.05) is 0 Å². The van der Waals surface area contributed by atoms with Crippen LogP contribution in [0.5, 0.6) is 0 Å². The van der Waals surface area contributed by atoms with E-state index in [1.165, 1.54) is 12.1 Å². The zero-order valence-corrected chi connectivity index (χ0v) is 10.1. The lowest BCUT2D eigenvalue weighted by Crippen LogP contribution is -2.06. The van der Waals surface area contributed by atoms with Crippen LogP contribution in [0.2, 0.25) is 0 Å². The molecule has 0 N–H and O–H groups in total. The highest BCUT2D eigenvalue weighted by Gasteiger charge is 2.33. The predicted molar refractivity (Wildman–Crippen MR) is 57.2 cm³/mol. The van der Waals surface area contributed by atoms with E-state index >= 15 is 0 Å². The first-order valence-corrected chi connectivity index (χ1v) is 5.34. The van der Waals surface area contributed by atoms with E-state index in [1.54, 1.807) is 6.92 Å². The Hall–Kier alpha value is -1.37. The first-order chi connectivity index (χ1) is 7.88. The average molecular weight is 307 g/mol. The topological polar surface area (TPSA) is 38.9 Å². The minimum absolute atomic E-state index is 0.0232. The van der Waals surface area contributed by atoms with Crippen LogP contribution in [0.25, 0.3) is 11.5 Å². The number of alkyl halides is 3. The van der Waals surface area contributed by atoms with Crippen molar-refractivity contribution < 1.29 is 17.6 Å². The van der Waals surface area contributed by atoms with Gasteiger partial charge in [-0.1, -0.05) is 15.9 Å². The van der Waals surface area contributed by atoms with E-state index in [-0.39, 0.29) is 15.9 Å². The monoisotopic (exact) mass is 306 g/mol. The largest absolute Gasteiger partial charge is 0.421 e. The Kier molecular flexibility index (Phi) is 2.94. The summed E-state index contributed by atoms with van der Waals surface area (Å²) in [5, 5.41) is 7.24. The molecule has 0 bridgehead atoms. The van der Waals surface area contributed by atoms with Gasteiger partial charge in [0, 0.05) is 17.0 Å². The van der Waals surface area contributed by atoms with Gasteiger partial charge in [-0.3, -0.25) is 0 Å². The van der Waals surface area contributed by atoms with E-state index in [0.717, 1.165) is 6.07 Å². The molecule has 17 heavy (non-hydrogen) atoms. The molecule has 0 saturated carbocycles. The zero-order valence-electron chi connectivity index (χ0n) is 8.55. The number of hydrogen-bond acceptors (Lipinski definition) is 3. The van der Waals surface area contributed by atoms with Gasteiger partial charge in [-0.25, -0.2) is 0 Å². The molecule has 0 saturated heterocycles. The predicted octanol–water partition coefficient (Wildman–Crippen LogP) is 3.83. The number of hydrogen-bond donors (Lipinski definition) is 0. The van der Waals surface area contributed by atoms with Gasteiger partial charge in [0.15, 0.2) is 0 Å². The second kappa shape index (κ2) is 4.14. The van der Waals surface area contributed by atoms with Crippen molar-refractivity contribution in [3.05, 3.63) is 34.1 Å². The minimum Gasteiger partial charge on any atom is -0.421 e. The van der Waals surface area contributed by atoms with Crippen molar-refractivity contribution in [3.8, 4) is 11.5 Å². The summed E-state index contributed by atoms with van der Waals surface area (Å²) in [6.45, 7) is 1.57. The van der Waals surface area contributed by atoms with E-state index in [2.05, 4.69) is 26.1 Å². The number of nitrogens with zero attached hydrogens (tertiary/aromatic N) is 2. The number of benzene rings is 1. The molecule has 0 fully saturated rings. The SMILES string of the molecule is Cc1nnc(-c2ccc(Br)c(C(F)(F)F)c2)o1. The second-order valence-electron chi connectivity index (χ2n) is 3.32. The van der Waals surface area contributed by atoms with Crippen LogP contribution in [0, 0.1) is 6.92 Å². The van der Waals surface area contributed by atoms with Gasteiger partial charge < -0.3 is 4.42 Å². The smallest absolute Gasteiger partial charge is 0.417 e. The van der Waals surface area contributed by atoms with Crippen LogP contribution in [-0.4, -0.2) is 10.2 Å². The molecule has 0 radical (unpaired) electrons. The zero-order chi connectivity index (χ0) is 12.6. The Morgan fingerprint density at radius 3 is 2.47 bits per heavy atom. The molecule has 90 valence electrons.